The lowest BCUT2D eigenvalue weighted by Crippen LogP contribution is -2.37. The van der Waals surface area contributed by atoms with E-state index in [1.807, 2.05) is 6.92 Å². The number of rotatable bonds is 12. The lowest BCUT2D eigenvalue weighted by atomic mass is 9.82. The molecule has 0 radical (unpaired) electrons. The Hall–Kier alpha value is 0.0700. The Kier molecular flexibility index (Phi) is 12.9. The third kappa shape index (κ3) is 7.25. The molecule has 130 valence electrons. The molecule has 0 spiro atoms. The zero-order valence-corrected chi connectivity index (χ0v) is 15.7. The highest BCUT2D eigenvalue weighted by Gasteiger charge is 2.42. The summed E-state index contributed by atoms with van der Waals surface area (Å²) in [4.78, 5) is 0. The molecule has 21 heavy (non-hydrogen) atoms. The summed E-state index contributed by atoms with van der Waals surface area (Å²) in [6.07, 6.45) is 4.42. The van der Waals surface area contributed by atoms with Gasteiger partial charge in [0.15, 0.2) is 0 Å². The predicted octanol–water partition coefficient (Wildman–Crippen LogP) is 5.73. The molecule has 0 fully saturated rings. The summed E-state index contributed by atoms with van der Waals surface area (Å²) in [5, 5.41) is 0. The predicted molar refractivity (Wildman–Crippen MR) is 89.0 cm³/mol. The first kappa shape index (κ1) is 23.3. The van der Waals surface area contributed by atoms with E-state index < -0.39 is 13.4 Å². The monoisotopic (exact) mass is 325 g/mol. The smallest absolute Gasteiger partial charge is 0.344 e. The quantitative estimate of drug-likeness (QED) is 0.366. The molecule has 0 rings (SSSR count). The normalized spacial score (nSPS) is 16.1. The number of phosphoric acid groups is 1. The molecular weight excluding hydrogens is 289 g/mol. The summed E-state index contributed by atoms with van der Waals surface area (Å²) in [5.74, 6) is 0.307. The van der Waals surface area contributed by atoms with Gasteiger partial charge in [-0.15, -0.1) is 0 Å². The summed E-state index contributed by atoms with van der Waals surface area (Å²) in [6, 6.07) is 0. The van der Waals surface area contributed by atoms with Crippen LogP contribution in [0.1, 0.15) is 73.6 Å². The van der Waals surface area contributed by atoms with E-state index in [-0.39, 0.29) is 6.15 Å². The molecular formula is C15H36NO4P. The van der Waals surface area contributed by atoms with Crippen molar-refractivity contribution in [2.45, 2.75) is 79.2 Å². The van der Waals surface area contributed by atoms with Gasteiger partial charge in [0.05, 0.1) is 18.8 Å². The van der Waals surface area contributed by atoms with Crippen molar-refractivity contribution >= 4 is 7.82 Å². The first-order valence-corrected chi connectivity index (χ1v) is 9.49. The molecule has 0 saturated heterocycles. The third-order valence-electron chi connectivity index (χ3n) is 4.04. The van der Waals surface area contributed by atoms with Crippen LogP contribution in [0.3, 0.4) is 0 Å². The zero-order valence-electron chi connectivity index (χ0n) is 14.8. The van der Waals surface area contributed by atoms with Gasteiger partial charge >= 0.3 is 7.82 Å². The van der Waals surface area contributed by atoms with Gasteiger partial charge in [-0.1, -0.05) is 47.5 Å². The SMILES string of the molecule is CCCCOP(=O)(OCC)OC(CC)(CC)C(C)CC.N. The summed E-state index contributed by atoms with van der Waals surface area (Å²) in [6.45, 7) is 13.0. The van der Waals surface area contributed by atoms with Crippen LogP contribution in [-0.4, -0.2) is 18.8 Å². The topological polar surface area (TPSA) is 79.8 Å². The van der Waals surface area contributed by atoms with Crippen molar-refractivity contribution in [3.63, 3.8) is 0 Å². The first-order valence-electron chi connectivity index (χ1n) is 8.03. The fourth-order valence-electron chi connectivity index (χ4n) is 2.33. The molecule has 3 N–H and O–H groups in total. The molecule has 5 nitrogen and oxygen atoms in total. The van der Waals surface area contributed by atoms with Crippen LogP contribution in [0.5, 0.6) is 0 Å². The molecule has 0 aliphatic rings. The summed E-state index contributed by atoms with van der Waals surface area (Å²) < 4.78 is 29.6. The van der Waals surface area contributed by atoms with Crippen molar-refractivity contribution in [3.8, 4) is 0 Å². The van der Waals surface area contributed by atoms with Gasteiger partial charge < -0.3 is 6.15 Å². The summed E-state index contributed by atoms with van der Waals surface area (Å²) in [5.41, 5.74) is -0.439. The highest BCUT2D eigenvalue weighted by atomic mass is 31.2. The highest BCUT2D eigenvalue weighted by molar-refractivity contribution is 7.48. The van der Waals surface area contributed by atoms with E-state index in [1.54, 1.807) is 0 Å². The Morgan fingerprint density at radius 1 is 1.05 bits per heavy atom. The van der Waals surface area contributed by atoms with E-state index >= 15 is 0 Å². The van der Waals surface area contributed by atoms with Gasteiger partial charge in [0.1, 0.15) is 0 Å². The average Bonchev–Trinajstić information content (AvgIpc) is 2.44. The highest BCUT2D eigenvalue weighted by Crippen LogP contribution is 2.55. The second-order valence-electron chi connectivity index (χ2n) is 5.22. The van der Waals surface area contributed by atoms with E-state index in [9.17, 15) is 4.57 Å². The lowest BCUT2D eigenvalue weighted by molar-refractivity contribution is -0.0338. The van der Waals surface area contributed by atoms with Crippen LogP contribution in [0.4, 0.5) is 0 Å². The van der Waals surface area contributed by atoms with Gasteiger partial charge in [-0.2, -0.15) is 0 Å². The zero-order chi connectivity index (χ0) is 15.6. The minimum absolute atomic E-state index is 0. The first-order chi connectivity index (χ1) is 9.43. The van der Waals surface area contributed by atoms with Crippen molar-refractivity contribution in [1.29, 1.82) is 0 Å². The van der Waals surface area contributed by atoms with Crippen LogP contribution in [-0.2, 0) is 18.1 Å². The fourth-order valence-corrected chi connectivity index (χ4v) is 4.06. The van der Waals surface area contributed by atoms with Crippen LogP contribution in [0.15, 0.2) is 0 Å². The van der Waals surface area contributed by atoms with Gasteiger partial charge in [-0.05, 0) is 32.1 Å². The van der Waals surface area contributed by atoms with Crippen molar-refractivity contribution in [2.75, 3.05) is 13.2 Å². The number of unbranched alkanes of at least 4 members (excludes halogenated alkanes) is 1. The van der Waals surface area contributed by atoms with Gasteiger partial charge in [0, 0.05) is 0 Å². The summed E-state index contributed by atoms with van der Waals surface area (Å²) in [7, 11) is -3.47. The van der Waals surface area contributed by atoms with Gasteiger partial charge in [0.2, 0.25) is 0 Å². The average molecular weight is 325 g/mol. The van der Waals surface area contributed by atoms with Crippen LogP contribution in [0.25, 0.3) is 0 Å². The van der Waals surface area contributed by atoms with E-state index in [0.29, 0.717) is 19.1 Å². The molecule has 0 aliphatic carbocycles. The standard InChI is InChI=1S/C15H33O4P.H3N/c1-7-12-13-18-20(16,17-11-5)19-15(9-3,10-4)14(6)8-2;/h14H,7-13H2,1-6H3;1H3. The van der Waals surface area contributed by atoms with Gasteiger partial charge in [-0.25, -0.2) is 4.57 Å². The molecule has 0 aromatic rings. The molecule has 6 heteroatoms. The van der Waals surface area contributed by atoms with Crippen molar-refractivity contribution < 1.29 is 18.1 Å². The van der Waals surface area contributed by atoms with Crippen LogP contribution < -0.4 is 6.15 Å². The number of phosphoric ester groups is 1. The number of hydrogen-bond acceptors (Lipinski definition) is 5. The number of hydrogen-bond donors (Lipinski definition) is 1. The van der Waals surface area contributed by atoms with E-state index in [4.69, 9.17) is 13.6 Å². The largest absolute Gasteiger partial charge is 0.475 e. The Morgan fingerprint density at radius 2 is 1.62 bits per heavy atom. The lowest BCUT2D eigenvalue weighted by Gasteiger charge is -2.38. The Balaban J connectivity index is 0. The van der Waals surface area contributed by atoms with Crippen LogP contribution in [0, 0.1) is 5.92 Å². The maximum absolute atomic E-state index is 12.8. The van der Waals surface area contributed by atoms with Crippen LogP contribution in [0.2, 0.25) is 0 Å². The van der Waals surface area contributed by atoms with E-state index in [0.717, 1.165) is 32.1 Å². The molecule has 0 saturated carbocycles. The molecule has 0 aromatic heterocycles. The summed E-state index contributed by atoms with van der Waals surface area (Å²) >= 11 is 0. The molecule has 0 aliphatic heterocycles. The minimum atomic E-state index is -3.47. The maximum atomic E-state index is 12.8. The van der Waals surface area contributed by atoms with Crippen molar-refractivity contribution in [3.05, 3.63) is 0 Å². The Labute approximate surface area is 131 Å². The second-order valence-corrected chi connectivity index (χ2v) is 6.82. The second kappa shape index (κ2) is 11.6. The molecule has 2 unspecified atom stereocenters. The van der Waals surface area contributed by atoms with E-state index in [2.05, 4.69) is 34.6 Å². The van der Waals surface area contributed by atoms with Crippen LogP contribution >= 0.6 is 7.82 Å². The molecule has 0 aromatic carbocycles. The Morgan fingerprint density at radius 3 is 2.00 bits per heavy atom. The third-order valence-corrected chi connectivity index (χ3v) is 5.70. The maximum Gasteiger partial charge on any atom is 0.475 e. The van der Waals surface area contributed by atoms with Gasteiger partial charge in [0.25, 0.3) is 0 Å². The van der Waals surface area contributed by atoms with Crippen molar-refractivity contribution in [1.82, 2.24) is 6.15 Å². The molecule has 0 heterocycles. The molecule has 2 atom stereocenters. The minimum Gasteiger partial charge on any atom is -0.344 e. The molecule has 0 amide bonds. The Bertz CT molecular complexity index is 295. The fraction of sp³-hybridized carbons (Fsp3) is 1.00. The molecule has 0 bridgehead atoms. The van der Waals surface area contributed by atoms with Gasteiger partial charge in [-0.3, -0.25) is 13.6 Å². The van der Waals surface area contributed by atoms with Crippen molar-refractivity contribution in [2.24, 2.45) is 5.92 Å². The van der Waals surface area contributed by atoms with E-state index in [1.165, 1.54) is 0 Å².